The van der Waals surface area contributed by atoms with E-state index in [1.165, 1.54) is 18.2 Å². The predicted molar refractivity (Wildman–Crippen MR) is 64.3 cm³/mol. The molecule has 0 bridgehead atoms. The minimum Gasteiger partial charge on any atom is -0.481 e. The number of carboxylic acids is 2. The molecule has 17 heavy (non-hydrogen) atoms. The van der Waals surface area contributed by atoms with E-state index < -0.39 is 18.4 Å². The number of halogens is 2. The Bertz CT molecular complexity index is 494. The quantitative estimate of drug-likeness (QED) is 0.828. The van der Waals surface area contributed by atoms with Crippen molar-refractivity contribution < 1.29 is 19.8 Å². The van der Waals surface area contributed by atoms with E-state index in [-0.39, 0.29) is 10.6 Å². The van der Waals surface area contributed by atoms with Crippen LogP contribution in [0, 0.1) is 0 Å². The Morgan fingerprint density at radius 1 is 1.24 bits per heavy atom. The van der Waals surface area contributed by atoms with Crippen LogP contribution in [0.15, 0.2) is 23.8 Å². The summed E-state index contributed by atoms with van der Waals surface area (Å²) in [4.78, 5) is 21.3. The average Bonchev–Trinajstić information content (AvgIpc) is 2.19. The smallest absolute Gasteiger partial charge is 0.332 e. The topological polar surface area (TPSA) is 74.6 Å². The van der Waals surface area contributed by atoms with Gasteiger partial charge in [-0.05, 0) is 23.8 Å². The number of hydrogen-bond acceptors (Lipinski definition) is 2. The SMILES string of the molecule is O=C(O)CC(=Cc1ccc(Cl)cc1Cl)C(=O)O. The van der Waals surface area contributed by atoms with Crippen LogP contribution in [0.2, 0.25) is 10.0 Å². The molecule has 0 radical (unpaired) electrons. The van der Waals surface area contributed by atoms with Crippen molar-refractivity contribution in [1.29, 1.82) is 0 Å². The van der Waals surface area contributed by atoms with Crippen LogP contribution in [-0.4, -0.2) is 22.2 Å². The Morgan fingerprint density at radius 3 is 2.35 bits per heavy atom. The van der Waals surface area contributed by atoms with Crippen LogP contribution >= 0.6 is 23.2 Å². The molecular formula is C11H8Cl2O4. The third kappa shape index (κ3) is 4.09. The van der Waals surface area contributed by atoms with E-state index >= 15 is 0 Å². The fourth-order valence-electron chi connectivity index (χ4n) is 1.16. The molecule has 0 spiro atoms. The van der Waals surface area contributed by atoms with Crippen molar-refractivity contribution in [3.8, 4) is 0 Å². The standard InChI is InChI=1S/C11H8Cl2O4/c12-8-2-1-6(9(13)5-8)3-7(11(16)17)4-10(14)15/h1-3,5H,4H2,(H,14,15)(H,16,17). The maximum absolute atomic E-state index is 10.8. The van der Waals surface area contributed by atoms with Crippen molar-refractivity contribution in [2.24, 2.45) is 0 Å². The molecule has 0 aliphatic rings. The second-order valence-corrected chi connectivity index (χ2v) is 4.05. The molecule has 0 amide bonds. The van der Waals surface area contributed by atoms with Gasteiger partial charge in [0, 0.05) is 15.6 Å². The maximum Gasteiger partial charge on any atom is 0.332 e. The van der Waals surface area contributed by atoms with Crippen LogP contribution in [0.3, 0.4) is 0 Å². The lowest BCUT2D eigenvalue weighted by Crippen LogP contribution is -2.06. The molecule has 0 saturated heterocycles. The molecule has 1 rings (SSSR count). The molecule has 0 heterocycles. The van der Waals surface area contributed by atoms with Gasteiger partial charge in [0.15, 0.2) is 0 Å². The number of carboxylic acid groups (broad SMARTS) is 2. The van der Waals surface area contributed by atoms with Crippen molar-refractivity contribution >= 4 is 41.2 Å². The lowest BCUT2D eigenvalue weighted by molar-refractivity contribution is -0.139. The predicted octanol–water partition coefficient (Wildman–Crippen LogP) is 2.94. The maximum atomic E-state index is 10.8. The summed E-state index contributed by atoms with van der Waals surface area (Å²) in [5, 5.41) is 18.1. The van der Waals surface area contributed by atoms with Gasteiger partial charge in [-0.3, -0.25) is 4.79 Å². The van der Waals surface area contributed by atoms with Gasteiger partial charge in [-0.2, -0.15) is 0 Å². The van der Waals surface area contributed by atoms with Crippen LogP contribution in [-0.2, 0) is 9.59 Å². The second kappa shape index (κ2) is 5.70. The van der Waals surface area contributed by atoms with Crippen molar-refractivity contribution in [1.82, 2.24) is 0 Å². The number of hydrogen-bond donors (Lipinski definition) is 2. The molecular weight excluding hydrogens is 267 g/mol. The largest absolute Gasteiger partial charge is 0.481 e. The minimum absolute atomic E-state index is 0.248. The van der Waals surface area contributed by atoms with E-state index in [2.05, 4.69) is 0 Å². The first-order valence-corrected chi connectivity index (χ1v) is 5.26. The Balaban J connectivity index is 3.12. The summed E-state index contributed by atoms with van der Waals surface area (Å²) < 4.78 is 0. The highest BCUT2D eigenvalue weighted by Gasteiger charge is 2.12. The normalized spacial score (nSPS) is 11.3. The average molecular weight is 275 g/mol. The van der Waals surface area contributed by atoms with Gasteiger partial charge in [0.05, 0.1) is 6.42 Å². The fraction of sp³-hybridized carbons (Fsp3) is 0.0909. The van der Waals surface area contributed by atoms with E-state index in [0.29, 0.717) is 10.6 Å². The van der Waals surface area contributed by atoms with Gasteiger partial charge in [0.2, 0.25) is 0 Å². The fourth-order valence-corrected chi connectivity index (χ4v) is 1.62. The zero-order valence-corrected chi connectivity index (χ0v) is 10.00. The van der Waals surface area contributed by atoms with Crippen LogP contribution in [0.1, 0.15) is 12.0 Å². The zero-order valence-electron chi connectivity index (χ0n) is 8.48. The Labute approximate surface area is 107 Å². The van der Waals surface area contributed by atoms with Gasteiger partial charge >= 0.3 is 11.9 Å². The summed E-state index contributed by atoms with van der Waals surface area (Å²) >= 11 is 11.5. The summed E-state index contributed by atoms with van der Waals surface area (Å²) in [6.07, 6.45) is 0.642. The first kappa shape index (κ1) is 13.5. The molecule has 1 aromatic rings. The van der Waals surface area contributed by atoms with E-state index in [9.17, 15) is 9.59 Å². The van der Waals surface area contributed by atoms with Crippen molar-refractivity contribution in [3.05, 3.63) is 39.4 Å². The van der Waals surface area contributed by atoms with Crippen LogP contribution in [0.4, 0.5) is 0 Å². The van der Waals surface area contributed by atoms with Gasteiger partial charge in [-0.15, -0.1) is 0 Å². The molecule has 0 aliphatic heterocycles. The first-order valence-electron chi connectivity index (χ1n) is 4.51. The van der Waals surface area contributed by atoms with Gasteiger partial charge in [0.1, 0.15) is 0 Å². The summed E-state index contributed by atoms with van der Waals surface area (Å²) in [5.74, 6) is -2.51. The van der Waals surface area contributed by atoms with E-state index in [4.69, 9.17) is 33.4 Å². The van der Waals surface area contributed by atoms with Crippen LogP contribution in [0.25, 0.3) is 6.08 Å². The summed E-state index contributed by atoms with van der Waals surface area (Å²) in [6.45, 7) is 0. The minimum atomic E-state index is -1.29. The Hall–Kier alpha value is -1.52. The molecule has 0 atom stereocenters. The van der Waals surface area contributed by atoms with E-state index in [1.807, 2.05) is 0 Å². The summed E-state index contributed by atoms with van der Waals surface area (Å²) in [7, 11) is 0. The number of benzene rings is 1. The van der Waals surface area contributed by atoms with Gasteiger partial charge in [-0.1, -0.05) is 29.3 Å². The van der Waals surface area contributed by atoms with Gasteiger partial charge in [0.25, 0.3) is 0 Å². The lowest BCUT2D eigenvalue weighted by Gasteiger charge is -2.02. The van der Waals surface area contributed by atoms with Crippen LogP contribution < -0.4 is 0 Å². The molecule has 1 aromatic carbocycles. The monoisotopic (exact) mass is 274 g/mol. The van der Waals surface area contributed by atoms with Crippen molar-refractivity contribution in [2.75, 3.05) is 0 Å². The van der Waals surface area contributed by atoms with E-state index in [1.54, 1.807) is 6.07 Å². The molecule has 0 aromatic heterocycles. The van der Waals surface area contributed by atoms with Crippen molar-refractivity contribution in [3.63, 3.8) is 0 Å². The lowest BCUT2D eigenvalue weighted by atomic mass is 10.1. The third-order valence-corrected chi connectivity index (χ3v) is 2.47. The summed E-state index contributed by atoms with van der Waals surface area (Å²) in [6, 6.07) is 4.52. The van der Waals surface area contributed by atoms with Crippen LogP contribution in [0.5, 0.6) is 0 Å². The first-order chi connectivity index (χ1) is 7.90. The Kier molecular flexibility index (Phi) is 4.54. The molecule has 6 heteroatoms. The molecule has 4 nitrogen and oxygen atoms in total. The second-order valence-electron chi connectivity index (χ2n) is 3.21. The number of rotatable bonds is 4. The molecule has 0 fully saturated rings. The Morgan fingerprint density at radius 2 is 1.88 bits per heavy atom. The van der Waals surface area contributed by atoms with Gasteiger partial charge < -0.3 is 10.2 Å². The molecule has 0 unspecified atom stereocenters. The number of aliphatic carboxylic acids is 2. The highest BCUT2D eigenvalue weighted by Crippen LogP contribution is 2.23. The molecule has 2 N–H and O–H groups in total. The third-order valence-electron chi connectivity index (χ3n) is 1.91. The van der Waals surface area contributed by atoms with Gasteiger partial charge in [-0.25, -0.2) is 4.79 Å². The van der Waals surface area contributed by atoms with E-state index in [0.717, 1.165) is 0 Å². The molecule has 0 aliphatic carbocycles. The molecule has 0 saturated carbocycles. The highest BCUT2D eigenvalue weighted by atomic mass is 35.5. The van der Waals surface area contributed by atoms with Crippen molar-refractivity contribution in [2.45, 2.75) is 6.42 Å². The zero-order chi connectivity index (χ0) is 13.0. The number of carbonyl (C=O) groups is 2. The summed E-state index contributed by atoms with van der Waals surface area (Å²) in [5.41, 5.74) is 0.163. The molecule has 90 valence electrons. The highest BCUT2D eigenvalue weighted by molar-refractivity contribution is 6.35.